The molecule has 2 saturated carbocycles. The molecule has 202 valence electrons. The fourth-order valence-electron chi connectivity index (χ4n) is 7.82. The standard InChI is InChI=1S/C27H34O10/c1-13-15(28)11-25-18(13)27(35,22(33)37-23(25,2)3)24(4)16(29)10-17(30)26(34,19(24)20(25)31)12-36-21(32)14-8-6-5-7-9-14/h5-9,15-17,19-20,28-31,34-35H,10-12H2,1-4H3/t15-,16+,17+,19+,20+,24-,25+,26+,27-/m1/s1. The van der Waals surface area contributed by atoms with Gasteiger partial charge in [-0.1, -0.05) is 25.1 Å². The minimum atomic E-state index is -2.55. The number of carbonyl (C=O) groups is 2. The SMILES string of the molecule is CC1=C2[C@@]3(O)C(=O)OC(C)(C)[C@]2(C[C@H]1O)[C@@H](O)[C@@H]1[C@](O)(COC(=O)c2ccccc2)[C@@H](O)C[C@H](O)[C@]13C. The van der Waals surface area contributed by atoms with Gasteiger partial charge in [-0.2, -0.15) is 0 Å². The van der Waals surface area contributed by atoms with Gasteiger partial charge < -0.3 is 40.1 Å². The number of aliphatic hydroxyl groups excluding tert-OH is 4. The second-order valence-electron chi connectivity index (χ2n) is 11.8. The first kappa shape index (κ1) is 26.3. The maximum atomic E-state index is 13.6. The van der Waals surface area contributed by atoms with Crippen molar-refractivity contribution in [2.75, 3.05) is 6.61 Å². The van der Waals surface area contributed by atoms with E-state index < -0.39 is 82.9 Å². The van der Waals surface area contributed by atoms with Gasteiger partial charge in [-0.3, -0.25) is 0 Å². The van der Waals surface area contributed by atoms with Crippen molar-refractivity contribution in [2.24, 2.45) is 16.7 Å². The summed E-state index contributed by atoms with van der Waals surface area (Å²) < 4.78 is 11.1. The lowest BCUT2D eigenvalue weighted by Gasteiger charge is -2.71. The molecule has 1 aromatic rings. The van der Waals surface area contributed by atoms with Gasteiger partial charge in [0.1, 0.15) is 17.8 Å². The molecule has 0 aromatic heterocycles. The van der Waals surface area contributed by atoms with E-state index in [0.29, 0.717) is 0 Å². The average Bonchev–Trinajstić information content (AvgIpc) is 3.13. The van der Waals surface area contributed by atoms with E-state index in [2.05, 4.69) is 0 Å². The Balaban J connectivity index is 1.69. The van der Waals surface area contributed by atoms with Crippen LogP contribution in [0, 0.1) is 16.7 Å². The van der Waals surface area contributed by atoms with Gasteiger partial charge in [-0.15, -0.1) is 0 Å². The summed E-state index contributed by atoms with van der Waals surface area (Å²) >= 11 is 0. The van der Waals surface area contributed by atoms with Gasteiger partial charge in [0.25, 0.3) is 0 Å². The number of esters is 2. The van der Waals surface area contributed by atoms with E-state index in [0.717, 1.165) is 0 Å². The van der Waals surface area contributed by atoms with Crippen molar-refractivity contribution < 1.29 is 49.7 Å². The highest BCUT2D eigenvalue weighted by Gasteiger charge is 2.85. The molecule has 6 N–H and O–H groups in total. The number of hydrogen-bond acceptors (Lipinski definition) is 10. The zero-order valence-corrected chi connectivity index (χ0v) is 21.2. The van der Waals surface area contributed by atoms with Crippen LogP contribution < -0.4 is 0 Å². The van der Waals surface area contributed by atoms with Gasteiger partial charge in [-0.25, -0.2) is 9.59 Å². The maximum Gasteiger partial charge on any atom is 0.343 e. The van der Waals surface area contributed by atoms with Crippen LogP contribution in [0.1, 0.15) is 50.9 Å². The molecule has 2 bridgehead atoms. The predicted molar refractivity (Wildman–Crippen MR) is 127 cm³/mol. The molecule has 1 aliphatic heterocycles. The maximum absolute atomic E-state index is 13.6. The lowest BCUT2D eigenvalue weighted by Crippen LogP contribution is -2.85. The van der Waals surface area contributed by atoms with Gasteiger partial charge in [0.2, 0.25) is 0 Å². The second kappa shape index (κ2) is 7.84. The lowest BCUT2D eigenvalue weighted by atomic mass is 9.38. The van der Waals surface area contributed by atoms with Crippen LogP contribution in [0.25, 0.3) is 0 Å². The molecule has 10 nitrogen and oxygen atoms in total. The molecule has 3 fully saturated rings. The minimum Gasteiger partial charge on any atom is -0.459 e. The number of rotatable bonds is 3. The van der Waals surface area contributed by atoms with Crippen molar-refractivity contribution in [3.63, 3.8) is 0 Å². The molecular weight excluding hydrogens is 484 g/mol. The Labute approximate surface area is 214 Å². The molecule has 1 aromatic carbocycles. The Hall–Kier alpha value is -2.34. The third kappa shape index (κ3) is 2.91. The van der Waals surface area contributed by atoms with E-state index >= 15 is 0 Å². The van der Waals surface area contributed by atoms with E-state index in [1.807, 2.05) is 0 Å². The molecular formula is C27H34O10. The molecule has 1 saturated heterocycles. The predicted octanol–water partition coefficient (Wildman–Crippen LogP) is -0.169. The monoisotopic (exact) mass is 518 g/mol. The Morgan fingerprint density at radius 1 is 1.05 bits per heavy atom. The number of fused-ring (bicyclic) bond motifs is 2. The summed E-state index contributed by atoms with van der Waals surface area (Å²) in [4.78, 5) is 26.3. The number of aliphatic hydroxyl groups is 6. The molecule has 37 heavy (non-hydrogen) atoms. The van der Waals surface area contributed by atoms with Gasteiger partial charge in [0.15, 0.2) is 5.60 Å². The highest BCUT2D eigenvalue weighted by molar-refractivity contribution is 5.90. The Kier molecular flexibility index (Phi) is 5.57. The number of carbonyl (C=O) groups excluding carboxylic acids is 2. The molecule has 0 amide bonds. The second-order valence-corrected chi connectivity index (χ2v) is 11.8. The zero-order valence-electron chi connectivity index (χ0n) is 21.2. The summed E-state index contributed by atoms with van der Waals surface area (Å²) in [6.07, 6.45) is -6.65. The van der Waals surface area contributed by atoms with E-state index in [4.69, 9.17) is 9.47 Å². The van der Waals surface area contributed by atoms with E-state index in [1.54, 1.807) is 39.0 Å². The third-order valence-electron chi connectivity index (χ3n) is 9.88. The molecule has 0 unspecified atom stereocenters. The number of hydrogen-bond donors (Lipinski definition) is 6. The van der Waals surface area contributed by atoms with Crippen LogP contribution in [0.3, 0.4) is 0 Å². The fraction of sp³-hybridized carbons (Fsp3) is 0.630. The first-order valence-corrected chi connectivity index (χ1v) is 12.4. The molecule has 10 heteroatoms. The molecule has 5 rings (SSSR count). The topological polar surface area (TPSA) is 174 Å². The van der Waals surface area contributed by atoms with Gasteiger partial charge in [-0.05, 0) is 50.5 Å². The Morgan fingerprint density at radius 3 is 2.30 bits per heavy atom. The van der Waals surface area contributed by atoms with Crippen LogP contribution in [0.5, 0.6) is 0 Å². The van der Waals surface area contributed by atoms with Crippen molar-refractivity contribution in [2.45, 2.75) is 81.8 Å². The lowest BCUT2D eigenvalue weighted by molar-refractivity contribution is -0.341. The molecule has 9 atom stereocenters. The number of benzene rings is 1. The van der Waals surface area contributed by atoms with Gasteiger partial charge in [0, 0.05) is 17.8 Å². The zero-order chi connectivity index (χ0) is 27.3. The normalized spacial score (nSPS) is 46.1. The fourth-order valence-corrected chi connectivity index (χ4v) is 7.82. The Morgan fingerprint density at radius 2 is 1.68 bits per heavy atom. The van der Waals surface area contributed by atoms with Crippen LogP contribution in [-0.4, -0.2) is 90.4 Å². The minimum absolute atomic E-state index is 0.0686. The van der Waals surface area contributed by atoms with E-state index in [1.165, 1.54) is 19.1 Å². The van der Waals surface area contributed by atoms with Gasteiger partial charge >= 0.3 is 11.9 Å². The number of ether oxygens (including phenoxy) is 2. The van der Waals surface area contributed by atoms with E-state index in [-0.39, 0.29) is 23.1 Å². The molecule has 0 radical (unpaired) electrons. The van der Waals surface area contributed by atoms with Gasteiger partial charge in [0.05, 0.1) is 35.4 Å². The summed E-state index contributed by atoms with van der Waals surface area (Å²) in [7, 11) is 0. The average molecular weight is 519 g/mol. The summed E-state index contributed by atoms with van der Waals surface area (Å²) in [5.41, 5.74) is -9.37. The van der Waals surface area contributed by atoms with Crippen molar-refractivity contribution in [1.82, 2.24) is 0 Å². The smallest absolute Gasteiger partial charge is 0.343 e. The quantitative estimate of drug-likeness (QED) is 0.233. The molecule has 0 spiro atoms. The number of cyclic esters (lactones) is 1. The summed E-state index contributed by atoms with van der Waals surface area (Å²) in [5.74, 6) is -3.44. The third-order valence-corrected chi connectivity index (χ3v) is 9.88. The highest BCUT2D eigenvalue weighted by Crippen LogP contribution is 2.73. The van der Waals surface area contributed by atoms with Crippen LogP contribution in [0.4, 0.5) is 0 Å². The van der Waals surface area contributed by atoms with Crippen molar-refractivity contribution >= 4 is 11.9 Å². The van der Waals surface area contributed by atoms with Crippen LogP contribution in [-0.2, 0) is 14.3 Å². The van der Waals surface area contributed by atoms with E-state index in [9.17, 15) is 40.2 Å². The molecule has 1 heterocycles. The largest absolute Gasteiger partial charge is 0.459 e. The van der Waals surface area contributed by atoms with Crippen LogP contribution in [0.15, 0.2) is 41.5 Å². The van der Waals surface area contributed by atoms with Crippen molar-refractivity contribution in [3.8, 4) is 0 Å². The molecule has 4 aliphatic rings. The first-order valence-electron chi connectivity index (χ1n) is 12.4. The summed E-state index contributed by atoms with van der Waals surface area (Å²) in [5, 5.41) is 69.6. The van der Waals surface area contributed by atoms with Crippen LogP contribution >= 0.6 is 0 Å². The highest BCUT2D eigenvalue weighted by atomic mass is 16.6. The van der Waals surface area contributed by atoms with Crippen molar-refractivity contribution in [1.29, 1.82) is 0 Å². The van der Waals surface area contributed by atoms with Crippen LogP contribution in [0.2, 0.25) is 0 Å². The summed E-state index contributed by atoms with van der Waals surface area (Å²) in [6, 6.07) is 7.99. The van der Waals surface area contributed by atoms with Crippen molar-refractivity contribution in [3.05, 3.63) is 47.0 Å². The summed E-state index contributed by atoms with van der Waals surface area (Å²) in [6.45, 7) is 5.21. The molecule has 3 aliphatic carbocycles. The Bertz CT molecular complexity index is 1180. The first-order chi connectivity index (χ1) is 17.1.